The third kappa shape index (κ3) is 3.85. The molecular formula is C15H15FN2O4. The molecule has 1 aromatic heterocycles. The fraction of sp³-hybridized carbons (Fsp3) is 0.200. The molecule has 1 heterocycles. The Bertz CT molecular complexity index is 656. The van der Waals surface area contributed by atoms with Crippen molar-refractivity contribution < 1.29 is 23.1 Å². The maximum atomic E-state index is 13.2. The van der Waals surface area contributed by atoms with Crippen LogP contribution < -0.4 is 15.4 Å². The topological polar surface area (TPSA) is 80.6 Å². The number of ether oxygens (including phenoxy) is 1. The molecule has 0 aliphatic rings. The van der Waals surface area contributed by atoms with Crippen LogP contribution in [0.25, 0.3) is 0 Å². The predicted molar refractivity (Wildman–Crippen MR) is 76.3 cm³/mol. The monoisotopic (exact) mass is 306 g/mol. The Balaban J connectivity index is 1.83. The maximum Gasteiger partial charge on any atom is 0.287 e. The molecule has 2 aromatic rings. The van der Waals surface area contributed by atoms with Gasteiger partial charge in [0.15, 0.2) is 5.76 Å². The lowest BCUT2D eigenvalue weighted by Gasteiger charge is -2.09. The van der Waals surface area contributed by atoms with Gasteiger partial charge < -0.3 is 19.8 Å². The van der Waals surface area contributed by atoms with Crippen molar-refractivity contribution in [3.8, 4) is 5.75 Å². The smallest absolute Gasteiger partial charge is 0.287 e. The molecule has 0 atom stereocenters. The standard InChI is InChI=1S/C15H15FN2O4/c1-21-12-5-4-10(16)9-11(12)14(19)17-6-7-18-15(20)13-3-2-8-22-13/h2-5,8-9H,6-7H2,1H3,(H,17,19)(H,18,20). The number of nitrogens with one attached hydrogen (secondary N) is 2. The van der Waals surface area contributed by atoms with Crippen molar-refractivity contribution in [3.63, 3.8) is 0 Å². The number of hydrogen-bond donors (Lipinski definition) is 2. The molecule has 0 saturated carbocycles. The molecule has 0 aliphatic carbocycles. The molecule has 2 rings (SSSR count). The Morgan fingerprint density at radius 3 is 2.55 bits per heavy atom. The first-order valence-corrected chi connectivity index (χ1v) is 6.55. The highest BCUT2D eigenvalue weighted by atomic mass is 19.1. The minimum atomic E-state index is -0.530. The van der Waals surface area contributed by atoms with Crippen molar-refractivity contribution in [2.45, 2.75) is 0 Å². The van der Waals surface area contributed by atoms with Gasteiger partial charge in [0, 0.05) is 13.1 Å². The first kappa shape index (κ1) is 15.6. The second-order valence-electron chi connectivity index (χ2n) is 4.33. The van der Waals surface area contributed by atoms with Gasteiger partial charge in [0.25, 0.3) is 11.8 Å². The Morgan fingerprint density at radius 2 is 1.91 bits per heavy atom. The predicted octanol–water partition coefficient (Wildman–Crippen LogP) is 1.59. The summed E-state index contributed by atoms with van der Waals surface area (Å²) in [7, 11) is 1.40. The lowest BCUT2D eigenvalue weighted by molar-refractivity contribution is 0.0909. The maximum absolute atomic E-state index is 13.2. The molecule has 0 bridgehead atoms. The van der Waals surface area contributed by atoms with Crippen LogP contribution in [-0.4, -0.2) is 32.0 Å². The highest BCUT2D eigenvalue weighted by Crippen LogP contribution is 2.18. The second-order valence-corrected chi connectivity index (χ2v) is 4.33. The van der Waals surface area contributed by atoms with Gasteiger partial charge >= 0.3 is 0 Å². The summed E-state index contributed by atoms with van der Waals surface area (Å²) in [6, 6.07) is 6.82. The van der Waals surface area contributed by atoms with Gasteiger partial charge in [-0.15, -0.1) is 0 Å². The minimum Gasteiger partial charge on any atom is -0.496 e. The molecule has 116 valence electrons. The molecule has 2 amide bonds. The van der Waals surface area contributed by atoms with Crippen LogP contribution in [0.2, 0.25) is 0 Å². The molecule has 7 heteroatoms. The third-order valence-electron chi connectivity index (χ3n) is 2.85. The van der Waals surface area contributed by atoms with E-state index < -0.39 is 11.7 Å². The first-order valence-electron chi connectivity index (χ1n) is 6.55. The number of benzene rings is 1. The van der Waals surface area contributed by atoms with Gasteiger partial charge in [0.1, 0.15) is 11.6 Å². The Labute approximate surface area is 126 Å². The van der Waals surface area contributed by atoms with E-state index in [0.29, 0.717) is 0 Å². The number of amides is 2. The van der Waals surface area contributed by atoms with Crippen molar-refractivity contribution in [2.24, 2.45) is 0 Å². The van der Waals surface area contributed by atoms with Crippen molar-refractivity contribution in [2.75, 3.05) is 20.2 Å². The molecule has 0 fully saturated rings. The number of hydrogen-bond acceptors (Lipinski definition) is 4. The second kappa shape index (κ2) is 7.26. The summed E-state index contributed by atoms with van der Waals surface area (Å²) in [5.41, 5.74) is 0.0971. The molecule has 0 aliphatic heterocycles. The van der Waals surface area contributed by atoms with Crippen LogP contribution in [0.3, 0.4) is 0 Å². The van der Waals surface area contributed by atoms with E-state index in [-0.39, 0.29) is 36.1 Å². The van der Waals surface area contributed by atoms with Gasteiger partial charge in [-0.2, -0.15) is 0 Å². The normalized spacial score (nSPS) is 10.1. The quantitative estimate of drug-likeness (QED) is 0.794. The Kier molecular flexibility index (Phi) is 5.13. The fourth-order valence-electron chi connectivity index (χ4n) is 1.80. The number of rotatable bonds is 6. The van der Waals surface area contributed by atoms with Crippen LogP contribution in [0, 0.1) is 5.82 Å². The van der Waals surface area contributed by atoms with E-state index in [0.717, 1.165) is 6.07 Å². The van der Waals surface area contributed by atoms with Gasteiger partial charge in [0.05, 0.1) is 18.9 Å². The molecule has 0 spiro atoms. The third-order valence-corrected chi connectivity index (χ3v) is 2.85. The van der Waals surface area contributed by atoms with Crippen LogP contribution in [0.15, 0.2) is 41.0 Å². The first-order chi connectivity index (χ1) is 10.6. The summed E-state index contributed by atoms with van der Waals surface area (Å²) in [5, 5.41) is 5.15. The van der Waals surface area contributed by atoms with Gasteiger partial charge in [-0.25, -0.2) is 4.39 Å². The molecule has 0 saturated heterocycles. The van der Waals surface area contributed by atoms with Crippen LogP contribution in [-0.2, 0) is 0 Å². The van der Waals surface area contributed by atoms with Crippen LogP contribution in [0.1, 0.15) is 20.9 Å². The fourth-order valence-corrected chi connectivity index (χ4v) is 1.80. The SMILES string of the molecule is COc1ccc(F)cc1C(=O)NCCNC(=O)c1ccco1. The number of methoxy groups -OCH3 is 1. The van der Waals surface area contributed by atoms with Gasteiger partial charge in [-0.05, 0) is 30.3 Å². The molecule has 0 unspecified atom stereocenters. The summed E-state index contributed by atoms with van der Waals surface area (Å²) >= 11 is 0. The lowest BCUT2D eigenvalue weighted by atomic mass is 10.2. The van der Waals surface area contributed by atoms with Gasteiger partial charge in [0.2, 0.25) is 0 Å². The van der Waals surface area contributed by atoms with Gasteiger partial charge in [-0.1, -0.05) is 0 Å². The number of furan rings is 1. The molecule has 6 nitrogen and oxygen atoms in total. The molecular weight excluding hydrogens is 291 g/mol. The van der Waals surface area contributed by atoms with E-state index in [9.17, 15) is 14.0 Å². The zero-order valence-electron chi connectivity index (χ0n) is 11.9. The highest BCUT2D eigenvalue weighted by Gasteiger charge is 2.13. The summed E-state index contributed by atoms with van der Waals surface area (Å²) < 4.78 is 23.1. The largest absolute Gasteiger partial charge is 0.496 e. The number of halogens is 1. The van der Waals surface area contributed by atoms with Crippen molar-refractivity contribution in [1.82, 2.24) is 10.6 Å². The van der Waals surface area contributed by atoms with E-state index in [1.807, 2.05) is 0 Å². The summed E-state index contributed by atoms with van der Waals surface area (Å²) in [6.07, 6.45) is 1.40. The van der Waals surface area contributed by atoms with Crippen LogP contribution >= 0.6 is 0 Å². The van der Waals surface area contributed by atoms with Crippen LogP contribution in [0.4, 0.5) is 4.39 Å². The molecule has 2 N–H and O–H groups in total. The van der Waals surface area contributed by atoms with E-state index in [4.69, 9.17) is 9.15 Å². The van der Waals surface area contributed by atoms with Crippen molar-refractivity contribution >= 4 is 11.8 Å². The zero-order chi connectivity index (χ0) is 15.9. The van der Waals surface area contributed by atoms with E-state index in [1.165, 1.54) is 31.6 Å². The summed E-state index contributed by atoms with van der Waals surface area (Å²) in [6.45, 7) is 0.397. The zero-order valence-corrected chi connectivity index (χ0v) is 11.9. The average molecular weight is 306 g/mol. The average Bonchev–Trinajstić information content (AvgIpc) is 3.05. The number of carbonyl (C=O) groups is 2. The minimum absolute atomic E-state index is 0.0971. The van der Waals surface area contributed by atoms with Crippen molar-refractivity contribution in [1.29, 1.82) is 0 Å². The van der Waals surface area contributed by atoms with Gasteiger partial charge in [-0.3, -0.25) is 9.59 Å². The number of carbonyl (C=O) groups excluding carboxylic acids is 2. The Hall–Kier alpha value is -2.83. The van der Waals surface area contributed by atoms with E-state index in [1.54, 1.807) is 6.07 Å². The molecule has 22 heavy (non-hydrogen) atoms. The lowest BCUT2D eigenvalue weighted by Crippen LogP contribution is -2.34. The van der Waals surface area contributed by atoms with E-state index in [2.05, 4.69) is 10.6 Å². The Morgan fingerprint density at radius 1 is 1.18 bits per heavy atom. The van der Waals surface area contributed by atoms with E-state index >= 15 is 0 Å². The molecule has 0 radical (unpaired) electrons. The summed E-state index contributed by atoms with van der Waals surface area (Å²) in [5.74, 6) is -0.917. The van der Waals surface area contributed by atoms with Crippen molar-refractivity contribution in [3.05, 3.63) is 53.7 Å². The summed E-state index contributed by atoms with van der Waals surface area (Å²) in [4.78, 5) is 23.5. The highest BCUT2D eigenvalue weighted by molar-refractivity contribution is 5.97. The van der Waals surface area contributed by atoms with Crippen LogP contribution in [0.5, 0.6) is 5.75 Å². The molecule has 1 aromatic carbocycles.